The lowest BCUT2D eigenvalue weighted by Gasteiger charge is -2.29. The van der Waals surface area contributed by atoms with Gasteiger partial charge in [-0.3, -0.25) is 4.79 Å². The summed E-state index contributed by atoms with van der Waals surface area (Å²) in [6.45, 7) is 5.83. The third-order valence-corrected chi connectivity index (χ3v) is 3.16. The van der Waals surface area contributed by atoms with Crippen LogP contribution in [0.15, 0.2) is 12.1 Å². The molecule has 6 heteroatoms. The summed E-state index contributed by atoms with van der Waals surface area (Å²) < 4.78 is 0. The van der Waals surface area contributed by atoms with E-state index in [1.807, 2.05) is 14.1 Å². The van der Waals surface area contributed by atoms with E-state index in [1.165, 1.54) is 6.07 Å². The molecule has 5 nitrogen and oxygen atoms in total. The number of primary amides is 1. The van der Waals surface area contributed by atoms with Crippen molar-refractivity contribution in [3.63, 3.8) is 0 Å². The van der Waals surface area contributed by atoms with E-state index in [1.54, 1.807) is 6.07 Å². The van der Waals surface area contributed by atoms with Gasteiger partial charge in [-0.1, -0.05) is 25.4 Å². The van der Waals surface area contributed by atoms with Gasteiger partial charge in [-0.2, -0.15) is 0 Å². The number of amides is 1. The molecule has 0 aliphatic rings. The molecule has 0 aliphatic heterocycles. The summed E-state index contributed by atoms with van der Waals surface area (Å²) in [5.41, 5.74) is 12.4. The minimum absolute atomic E-state index is 0.0170. The number of halogens is 1. The summed E-state index contributed by atoms with van der Waals surface area (Å²) in [6.07, 6.45) is 0. The van der Waals surface area contributed by atoms with E-state index in [-0.39, 0.29) is 5.41 Å². The van der Waals surface area contributed by atoms with Gasteiger partial charge < -0.3 is 21.7 Å². The second kappa shape index (κ2) is 6.33. The Kier molecular flexibility index (Phi) is 5.25. The summed E-state index contributed by atoms with van der Waals surface area (Å²) in [6, 6.07) is 3.14. The van der Waals surface area contributed by atoms with E-state index >= 15 is 0 Å². The number of carbonyl (C=O) groups is 1. The zero-order chi connectivity index (χ0) is 15.5. The van der Waals surface area contributed by atoms with E-state index in [0.29, 0.717) is 28.5 Å². The van der Waals surface area contributed by atoms with Crippen LogP contribution in [0.3, 0.4) is 0 Å². The van der Waals surface area contributed by atoms with Gasteiger partial charge >= 0.3 is 0 Å². The van der Waals surface area contributed by atoms with Crippen molar-refractivity contribution in [2.75, 3.05) is 38.2 Å². The first-order chi connectivity index (χ1) is 9.12. The number of anilines is 2. The molecule has 1 rings (SSSR count). The van der Waals surface area contributed by atoms with Crippen LogP contribution >= 0.6 is 11.6 Å². The normalized spacial score (nSPS) is 11.7. The Bertz CT molecular complexity index is 500. The standard InChI is InChI=1S/C14H23ClN4O/c1-14(2,8-19(3)4)7-18-12-10(13(17)20)5-9(16)6-11(12)15/h5-6,18H,7-8,16H2,1-4H3,(H2,17,20). The number of nitrogens with two attached hydrogens (primary N) is 2. The van der Waals surface area contributed by atoms with Gasteiger partial charge in [0.15, 0.2) is 0 Å². The maximum atomic E-state index is 11.5. The second-order valence-electron chi connectivity index (χ2n) is 6.05. The lowest BCUT2D eigenvalue weighted by Crippen LogP contribution is -2.34. The van der Waals surface area contributed by atoms with Crippen molar-refractivity contribution < 1.29 is 4.79 Å². The van der Waals surface area contributed by atoms with Crippen LogP contribution < -0.4 is 16.8 Å². The van der Waals surface area contributed by atoms with Gasteiger partial charge in [0.1, 0.15) is 0 Å². The van der Waals surface area contributed by atoms with Crippen molar-refractivity contribution >= 4 is 28.9 Å². The maximum absolute atomic E-state index is 11.5. The molecule has 1 aromatic rings. The van der Waals surface area contributed by atoms with Crippen LogP contribution in [0, 0.1) is 5.41 Å². The average molecular weight is 299 g/mol. The first-order valence-electron chi connectivity index (χ1n) is 6.40. The van der Waals surface area contributed by atoms with Gasteiger partial charge in [0.2, 0.25) is 0 Å². The number of nitrogen functional groups attached to an aromatic ring is 1. The molecule has 5 N–H and O–H groups in total. The van der Waals surface area contributed by atoms with Crippen LogP contribution in [-0.2, 0) is 0 Å². The van der Waals surface area contributed by atoms with Crippen molar-refractivity contribution in [1.82, 2.24) is 4.90 Å². The number of carbonyl (C=O) groups excluding carboxylic acids is 1. The Morgan fingerprint density at radius 3 is 2.50 bits per heavy atom. The smallest absolute Gasteiger partial charge is 0.250 e. The molecule has 0 heterocycles. The fraction of sp³-hybridized carbons (Fsp3) is 0.500. The van der Waals surface area contributed by atoms with Gasteiger partial charge in [-0.25, -0.2) is 0 Å². The molecule has 1 aromatic carbocycles. The van der Waals surface area contributed by atoms with E-state index in [9.17, 15) is 4.79 Å². The summed E-state index contributed by atoms with van der Waals surface area (Å²) >= 11 is 6.15. The van der Waals surface area contributed by atoms with Crippen LogP contribution in [-0.4, -0.2) is 38.0 Å². The van der Waals surface area contributed by atoms with Crippen molar-refractivity contribution in [3.05, 3.63) is 22.7 Å². The molecule has 0 unspecified atom stereocenters. The van der Waals surface area contributed by atoms with Crippen molar-refractivity contribution in [3.8, 4) is 0 Å². The Hall–Kier alpha value is -1.46. The van der Waals surface area contributed by atoms with Crippen LogP contribution in [0.4, 0.5) is 11.4 Å². The van der Waals surface area contributed by atoms with E-state index in [4.69, 9.17) is 23.1 Å². The monoisotopic (exact) mass is 298 g/mol. The first-order valence-corrected chi connectivity index (χ1v) is 6.77. The Morgan fingerprint density at radius 1 is 1.40 bits per heavy atom. The lowest BCUT2D eigenvalue weighted by atomic mass is 9.92. The number of benzene rings is 1. The molecule has 0 saturated carbocycles. The predicted octanol–water partition coefficient (Wildman–Crippen LogP) is 2.02. The van der Waals surface area contributed by atoms with Crippen LogP contribution in [0.1, 0.15) is 24.2 Å². The first kappa shape index (κ1) is 16.6. The zero-order valence-corrected chi connectivity index (χ0v) is 13.2. The predicted molar refractivity (Wildman–Crippen MR) is 85.2 cm³/mol. The zero-order valence-electron chi connectivity index (χ0n) is 12.5. The molecule has 0 radical (unpaired) electrons. The third-order valence-electron chi connectivity index (χ3n) is 2.87. The largest absolute Gasteiger partial charge is 0.399 e. The van der Waals surface area contributed by atoms with Gasteiger partial charge in [0.25, 0.3) is 5.91 Å². The average Bonchev–Trinajstić information content (AvgIpc) is 2.24. The van der Waals surface area contributed by atoms with E-state index < -0.39 is 5.91 Å². The summed E-state index contributed by atoms with van der Waals surface area (Å²) in [5.74, 6) is -0.549. The highest BCUT2D eigenvalue weighted by Crippen LogP contribution is 2.30. The molecule has 0 aromatic heterocycles. The number of nitrogens with one attached hydrogen (secondary N) is 1. The molecular formula is C14H23ClN4O. The van der Waals surface area contributed by atoms with E-state index in [0.717, 1.165) is 6.54 Å². The molecule has 0 aliphatic carbocycles. The van der Waals surface area contributed by atoms with Gasteiger partial charge in [-0.15, -0.1) is 0 Å². The number of rotatable bonds is 6. The van der Waals surface area contributed by atoms with Gasteiger partial charge in [0, 0.05) is 18.8 Å². The Morgan fingerprint density at radius 2 is 2.00 bits per heavy atom. The van der Waals surface area contributed by atoms with Gasteiger partial charge in [0.05, 0.1) is 16.3 Å². The highest BCUT2D eigenvalue weighted by atomic mass is 35.5. The number of hydrogen-bond acceptors (Lipinski definition) is 4. The Labute approximate surface area is 125 Å². The molecule has 112 valence electrons. The van der Waals surface area contributed by atoms with Crippen molar-refractivity contribution in [1.29, 1.82) is 0 Å². The van der Waals surface area contributed by atoms with E-state index in [2.05, 4.69) is 24.1 Å². The number of hydrogen-bond donors (Lipinski definition) is 3. The van der Waals surface area contributed by atoms with Gasteiger partial charge in [-0.05, 0) is 31.6 Å². The molecule has 0 bridgehead atoms. The third kappa shape index (κ3) is 4.58. The van der Waals surface area contributed by atoms with Crippen LogP contribution in [0.25, 0.3) is 0 Å². The SMILES string of the molecule is CN(C)CC(C)(C)CNc1c(Cl)cc(N)cc1C(N)=O. The summed E-state index contributed by atoms with van der Waals surface area (Å²) in [5, 5.41) is 3.62. The fourth-order valence-corrected chi connectivity index (χ4v) is 2.54. The quantitative estimate of drug-likeness (QED) is 0.702. The van der Waals surface area contributed by atoms with Crippen LogP contribution in [0.2, 0.25) is 5.02 Å². The fourth-order valence-electron chi connectivity index (χ4n) is 2.24. The highest BCUT2D eigenvalue weighted by Gasteiger charge is 2.21. The van der Waals surface area contributed by atoms with Crippen molar-refractivity contribution in [2.45, 2.75) is 13.8 Å². The van der Waals surface area contributed by atoms with Crippen molar-refractivity contribution in [2.24, 2.45) is 11.1 Å². The minimum atomic E-state index is -0.549. The second-order valence-corrected chi connectivity index (χ2v) is 6.45. The molecule has 20 heavy (non-hydrogen) atoms. The lowest BCUT2D eigenvalue weighted by molar-refractivity contribution is 0.100. The number of nitrogens with zero attached hydrogens (tertiary/aromatic N) is 1. The molecule has 0 atom stereocenters. The summed E-state index contributed by atoms with van der Waals surface area (Å²) in [4.78, 5) is 13.6. The Balaban J connectivity index is 2.95. The topological polar surface area (TPSA) is 84.4 Å². The highest BCUT2D eigenvalue weighted by molar-refractivity contribution is 6.34. The molecule has 0 saturated heterocycles. The molecule has 0 fully saturated rings. The molecule has 1 amide bonds. The minimum Gasteiger partial charge on any atom is -0.399 e. The summed E-state index contributed by atoms with van der Waals surface area (Å²) in [7, 11) is 4.04. The van der Waals surface area contributed by atoms with Crippen LogP contribution in [0.5, 0.6) is 0 Å². The maximum Gasteiger partial charge on any atom is 0.250 e. The molecule has 0 spiro atoms. The molecular weight excluding hydrogens is 276 g/mol.